The summed E-state index contributed by atoms with van der Waals surface area (Å²) in [5.41, 5.74) is -0.861. The molecule has 0 saturated heterocycles. The Morgan fingerprint density at radius 3 is 2.47 bits per heavy atom. The fraction of sp³-hybridized carbons (Fsp3) is 0.818. The summed E-state index contributed by atoms with van der Waals surface area (Å²) in [4.78, 5) is 11.5. The predicted molar refractivity (Wildman–Crippen MR) is 58.5 cm³/mol. The lowest BCUT2D eigenvalue weighted by molar-refractivity contribution is -0.124. The summed E-state index contributed by atoms with van der Waals surface area (Å²) >= 11 is 0. The van der Waals surface area contributed by atoms with E-state index >= 15 is 0 Å². The maximum atomic E-state index is 11.7. The highest BCUT2D eigenvalue weighted by atomic mass is 19.3. The molecule has 0 aliphatic carbocycles. The summed E-state index contributed by atoms with van der Waals surface area (Å²) in [6.45, 7) is 2.88. The van der Waals surface area contributed by atoms with Gasteiger partial charge >= 0.3 is 0 Å². The van der Waals surface area contributed by atoms with Crippen molar-refractivity contribution in [1.82, 2.24) is 5.32 Å². The van der Waals surface area contributed by atoms with Gasteiger partial charge in [-0.05, 0) is 12.8 Å². The molecule has 4 nitrogen and oxygen atoms in total. The lowest BCUT2D eigenvalue weighted by Crippen LogP contribution is -2.46. The number of hydrogen-bond donors (Lipinski definition) is 1. The Morgan fingerprint density at radius 1 is 1.47 bits per heavy atom. The lowest BCUT2D eigenvalue weighted by Gasteiger charge is -2.24. The monoisotopic (exact) mass is 248 g/mol. The average molecular weight is 248 g/mol. The van der Waals surface area contributed by atoms with Crippen LogP contribution in [-0.2, 0) is 9.53 Å². The highest BCUT2D eigenvalue weighted by molar-refractivity contribution is 5.77. The Kier molecular flexibility index (Phi) is 7.39. The number of carbonyl (C=O) groups excluding carboxylic acids is 1. The van der Waals surface area contributed by atoms with Crippen molar-refractivity contribution >= 4 is 5.91 Å². The van der Waals surface area contributed by atoms with E-state index in [2.05, 4.69) is 16.1 Å². The third-order valence-electron chi connectivity index (χ3n) is 2.52. The van der Waals surface area contributed by atoms with Gasteiger partial charge in [-0.25, -0.2) is 8.78 Å². The smallest absolute Gasteiger partial charge is 0.261 e. The van der Waals surface area contributed by atoms with Crippen LogP contribution in [0.1, 0.15) is 33.1 Å². The largest absolute Gasteiger partial charge is 0.375 e. The summed E-state index contributed by atoms with van der Waals surface area (Å²) in [5.74, 6) is -0.357. The van der Waals surface area contributed by atoms with Gasteiger partial charge in [0.1, 0.15) is 12.1 Å². The zero-order valence-electron chi connectivity index (χ0n) is 10.1. The van der Waals surface area contributed by atoms with Gasteiger partial charge in [-0.15, -0.1) is 0 Å². The zero-order valence-corrected chi connectivity index (χ0v) is 10.1. The molecule has 1 N–H and O–H groups in total. The fourth-order valence-corrected chi connectivity index (χ4v) is 1.28. The van der Waals surface area contributed by atoms with Crippen LogP contribution in [0.5, 0.6) is 0 Å². The van der Waals surface area contributed by atoms with Gasteiger partial charge in [0.05, 0.1) is 19.1 Å². The van der Waals surface area contributed by atoms with E-state index in [1.807, 2.05) is 0 Å². The van der Waals surface area contributed by atoms with E-state index in [0.717, 1.165) is 0 Å². The van der Waals surface area contributed by atoms with Crippen molar-refractivity contribution in [2.45, 2.75) is 45.1 Å². The summed E-state index contributed by atoms with van der Waals surface area (Å²) in [6, 6.07) is 2.06. The van der Waals surface area contributed by atoms with Crippen LogP contribution < -0.4 is 5.32 Å². The van der Waals surface area contributed by atoms with Crippen LogP contribution in [-0.4, -0.2) is 31.1 Å². The van der Waals surface area contributed by atoms with Crippen LogP contribution >= 0.6 is 0 Å². The standard InChI is InChI=1S/C11H18F2N2O2/c1-3-11(4-2,8-14)15-10(16)5-6-17-7-9(12)13/h9H,3-7H2,1-2H3,(H,15,16). The van der Waals surface area contributed by atoms with Crippen molar-refractivity contribution in [2.75, 3.05) is 13.2 Å². The molecule has 0 spiro atoms. The topological polar surface area (TPSA) is 62.1 Å². The molecule has 0 aromatic heterocycles. The average Bonchev–Trinajstić information content (AvgIpc) is 2.32. The van der Waals surface area contributed by atoms with E-state index < -0.39 is 18.6 Å². The molecule has 0 fully saturated rings. The van der Waals surface area contributed by atoms with Gasteiger partial charge in [0.2, 0.25) is 5.91 Å². The van der Waals surface area contributed by atoms with Gasteiger partial charge in [0.25, 0.3) is 6.43 Å². The predicted octanol–water partition coefficient (Wildman–Crippen LogP) is 1.86. The second-order valence-electron chi connectivity index (χ2n) is 3.67. The molecule has 0 aromatic rings. The molecular formula is C11H18F2N2O2. The molecular weight excluding hydrogens is 230 g/mol. The van der Waals surface area contributed by atoms with Crippen LogP contribution in [0, 0.1) is 11.3 Å². The van der Waals surface area contributed by atoms with Gasteiger partial charge in [-0.2, -0.15) is 5.26 Å². The Morgan fingerprint density at radius 2 is 2.06 bits per heavy atom. The molecule has 1 amide bonds. The fourth-order valence-electron chi connectivity index (χ4n) is 1.28. The first kappa shape index (κ1) is 15.8. The number of ether oxygens (including phenoxy) is 1. The van der Waals surface area contributed by atoms with Gasteiger partial charge in [0, 0.05) is 0 Å². The normalized spacial score (nSPS) is 11.3. The minimum absolute atomic E-state index is 0.0177. The number of nitriles is 1. The number of hydrogen-bond acceptors (Lipinski definition) is 3. The summed E-state index contributed by atoms with van der Waals surface area (Å²) < 4.78 is 28.0. The molecule has 0 bridgehead atoms. The molecule has 0 aliphatic rings. The van der Waals surface area contributed by atoms with E-state index in [1.165, 1.54) is 0 Å². The number of amides is 1. The number of alkyl halides is 2. The van der Waals surface area contributed by atoms with Gasteiger partial charge < -0.3 is 10.1 Å². The summed E-state index contributed by atoms with van der Waals surface area (Å²) in [5, 5.41) is 11.6. The van der Waals surface area contributed by atoms with Crippen molar-refractivity contribution in [3.63, 3.8) is 0 Å². The second kappa shape index (κ2) is 7.96. The van der Waals surface area contributed by atoms with Gasteiger partial charge in [0.15, 0.2) is 0 Å². The van der Waals surface area contributed by atoms with E-state index in [1.54, 1.807) is 13.8 Å². The van der Waals surface area contributed by atoms with Crippen LogP contribution in [0.3, 0.4) is 0 Å². The molecule has 0 saturated carbocycles. The first-order chi connectivity index (χ1) is 7.99. The second-order valence-corrected chi connectivity index (χ2v) is 3.67. The zero-order chi connectivity index (χ0) is 13.3. The van der Waals surface area contributed by atoms with Crippen molar-refractivity contribution in [3.05, 3.63) is 0 Å². The van der Waals surface area contributed by atoms with E-state index in [-0.39, 0.29) is 18.9 Å². The first-order valence-electron chi connectivity index (χ1n) is 5.57. The third kappa shape index (κ3) is 6.17. The number of nitrogens with one attached hydrogen (secondary N) is 1. The van der Waals surface area contributed by atoms with Crippen molar-refractivity contribution < 1.29 is 18.3 Å². The molecule has 98 valence electrons. The number of nitrogens with zero attached hydrogens (tertiary/aromatic N) is 1. The van der Waals surface area contributed by atoms with Crippen LogP contribution in [0.4, 0.5) is 8.78 Å². The Bertz CT molecular complexity index is 273. The molecule has 0 atom stereocenters. The molecule has 0 heterocycles. The Balaban J connectivity index is 3.97. The van der Waals surface area contributed by atoms with Crippen molar-refractivity contribution in [2.24, 2.45) is 0 Å². The van der Waals surface area contributed by atoms with Crippen molar-refractivity contribution in [1.29, 1.82) is 5.26 Å². The highest BCUT2D eigenvalue weighted by Gasteiger charge is 2.27. The van der Waals surface area contributed by atoms with Gasteiger partial charge in [-0.1, -0.05) is 13.8 Å². The minimum atomic E-state index is -2.53. The minimum Gasteiger partial charge on any atom is -0.375 e. The van der Waals surface area contributed by atoms with Crippen LogP contribution in [0.15, 0.2) is 0 Å². The number of halogens is 2. The first-order valence-corrected chi connectivity index (χ1v) is 5.57. The Hall–Kier alpha value is -1.22. The van der Waals surface area contributed by atoms with Crippen LogP contribution in [0.2, 0.25) is 0 Å². The number of carbonyl (C=O) groups is 1. The van der Waals surface area contributed by atoms with Crippen molar-refractivity contribution in [3.8, 4) is 6.07 Å². The molecule has 0 aromatic carbocycles. The SMILES string of the molecule is CCC(C#N)(CC)NC(=O)CCOCC(F)F. The van der Waals surface area contributed by atoms with E-state index in [0.29, 0.717) is 12.8 Å². The molecule has 0 aliphatic heterocycles. The molecule has 6 heteroatoms. The van der Waals surface area contributed by atoms with Crippen LogP contribution in [0.25, 0.3) is 0 Å². The van der Waals surface area contributed by atoms with E-state index in [9.17, 15) is 13.6 Å². The quantitative estimate of drug-likeness (QED) is 0.667. The maximum absolute atomic E-state index is 11.7. The molecule has 0 radical (unpaired) electrons. The molecule has 0 unspecified atom stereocenters. The van der Waals surface area contributed by atoms with E-state index in [4.69, 9.17) is 5.26 Å². The molecule has 0 rings (SSSR count). The highest BCUT2D eigenvalue weighted by Crippen LogP contribution is 2.13. The lowest BCUT2D eigenvalue weighted by atomic mass is 9.94. The Labute approximate surface area is 99.9 Å². The molecule has 17 heavy (non-hydrogen) atoms. The van der Waals surface area contributed by atoms with Gasteiger partial charge in [-0.3, -0.25) is 4.79 Å². The number of rotatable bonds is 8. The summed E-state index contributed by atoms with van der Waals surface area (Å²) in [6.07, 6.45) is -1.54. The summed E-state index contributed by atoms with van der Waals surface area (Å²) in [7, 11) is 0. The third-order valence-corrected chi connectivity index (χ3v) is 2.52. The maximum Gasteiger partial charge on any atom is 0.261 e.